The van der Waals surface area contributed by atoms with Gasteiger partial charge in [-0.25, -0.2) is 0 Å². The molecule has 0 bridgehead atoms. The van der Waals surface area contributed by atoms with Crippen LogP contribution in [0.2, 0.25) is 0 Å². The van der Waals surface area contributed by atoms with Crippen molar-refractivity contribution in [1.82, 2.24) is 0 Å². The van der Waals surface area contributed by atoms with Crippen molar-refractivity contribution < 1.29 is 5.11 Å². The lowest BCUT2D eigenvalue weighted by Crippen LogP contribution is -2.25. The highest BCUT2D eigenvalue weighted by atomic mass is 16.3. The minimum Gasteiger partial charge on any atom is -0.507 e. The van der Waals surface area contributed by atoms with E-state index in [4.69, 9.17) is 5.73 Å². The summed E-state index contributed by atoms with van der Waals surface area (Å²) in [5.74, 6) is 0.390. The van der Waals surface area contributed by atoms with E-state index in [1.807, 2.05) is 26.0 Å². The van der Waals surface area contributed by atoms with Gasteiger partial charge in [0.2, 0.25) is 0 Å². The molecule has 0 amide bonds. The molecule has 3 N–H and O–H groups in total. The van der Waals surface area contributed by atoms with Gasteiger partial charge in [-0.05, 0) is 42.4 Å². The molecule has 0 spiro atoms. The van der Waals surface area contributed by atoms with E-state index in [0.717, 1.165) is 23.1 Å². The first kappa shape index (κ1) is 10.5. The summed E-state index contributed by atoms with van der Waals surface area (Å²) in [6.07, 6.45) is 1.02. The van der Waals surface area contributed by atoms with Gasteiger partial charge in [0.1, 0.15) is 5.75 Å². The highest BCUT2D eigenvalue weighted by Crippen LogP contribution is 2.60. The second-order valence-electron chi connectivity index (χ2n) is 5.49. The third-order valence-electron chi connectivity index (χ3n) is 3.81. The van der Waals surface area contributed by atoms with Crippen LogP contribution in [0.3, 0.4) is 0 Å². The Kier molecular flexibility index (Phi) is 1.93. The van der Waals surface area contributed by atoms with E-state index in [9.17, 15) is 5.11 Å². The number of hydrogen-bond donors (Lipinski definition) is 2. The van der Waals surface area contributed by atoms with Gasteiger partial charge in [-0.1, -0.05) is 26.0 Å². The summed E-state index contributed by atoms with van der Waals surface area (Å²) in [4.78, 5) is 0. The first-order valence-electron chi connectivity index (χ1n) is 5.37. The van der Waals surface area contributed by atoms with Crippen molar-refractivity contribution in [2.45, 2.75) is 39.7 Å². The summed E-state index contributed by atoms with van der Waals surface area (Å²) < 4.78 is 0. The number of nitrogens with two attached hydrogens (primary N) is 1. The largest absolute Gasteiger partial charge is 0.507 e. The summed E-state index contributed by atoms with van der Waals surface area (Å²) in [5, 5.41) is 9.71. The van der Waals surface area contributed by atoms with E-state index in [-0.39, 0.29) is 11.0 Å². The molecule has 1 unspecified atom stereocenters. The van der Waals surface area contributed by atoms with Gasteiger partial charge >= 0.3 is 0 Å². The first-order valence-corrected chi connectivity index (χ1v) is 5.37. The van der Waals surface area contributed by atoms with Crippen LogP contribution in [-0.2, 0) is 5.54 Å². The van der Waals surface area contributed by atoms with Crippen LogP contribution in [0.5, 0.6) is 5.75 Å². The van der Waals surface area contributed by atoms with E-state index in [2.05, 4.69) is 13.8 Å². The molecule has 1 saturated carbocycles. The number of hydrogen-bond acceptors (Lipinski definition) is 2. The van der Waals surface area contributed by atoms with E-state index < -0.39 is 0 Å². The molecule has 1 aromatic rings. The van der Waals surface area contributed by atoms with E-state index >= 15 is 0 Å². The fourth-order valence-electron chi connectivity index (χ4n) is 2.36. The second kappa shape index (κ2) is 2.76. The monoisotopic (exact) mass is 205 g/mol. The maximum Gasteiger partial charge on any atom is 0.121 e. The Hall–Kier alpha value is -1.02. The van der Waals surface area contributed by atoms with E-state index in [1.54, 1.807) is 0 Å². The van der Waals surface area contributed by atoms with Crippen LogP contribution in [0.4, 0.5) is 0 Å². The predicted molar refractivity (Wildman–Crippen MR) is 61.8 cm³/mol. The van der Waals surface area contributed by atoms with Crippen LogP contribution in [0, 0.1) is 19.3 Å². The molecule has 2 nitrogen and oxygen atoms in total. The lowest BCUT2D eigenvalue weighted by atomic mass is 9.93. The highest BCUT2D eigenvalue weighted by Gasteiger charge is 2.59. The molecule has 82 valence electrons. The molecule has 1 aliphatic carbocycles. The molecule has 2 heteroatoms. The van der Waals surface area contributed by atoms with Crippen LogP contribution >= 0.6 is 0 Å². The van der Waals surface area contributed by atoms with Crippen molar-refractivity contribution in [3.63, 3.8) is 0 Å². The lowest BCUT2D eigenvalue weighted by molar-refractivity contribution is 0.464. The topological polar surface area (TPSA) is 46.2 Å². The van der Waals surface area contributed by atoms with Crippen LogP contribution < -0.4 is 5.73 Å². The number of aromatic hydroxyl groups is 1. The van der Waals surface area contributed by atoms with Crippen LogP contribution in [0.1, 0.15) is 37.0 Å². The summed E-state index contributed by atoms with van der Waals surface area (Å²) in [7, 11) is 0. The molecule has 1 aromatic carbocycles. The molecule has 0 saturated heterocycles. The molecule has 2 rings (SSSR count). The molecule has 0 heterocycles. The SMILES string of the molecule is Cc1cc(C2(N)CC2(C)C)cc(C)c1O. The Morgan fingerprint density at radius 2 is 1.60 bits per heavy atom. The minimum atomic E-state index is -0.198. The lowest BCUT2D eigenvalue weighted by Gasteiger charge is -2.17. The number of phenolic OH excluding ortho intramolecular Hbond substituents is 1. The Morgan fingerprint density at radius 3 is 1.93 bits per heavy atom. The molecule has 15 heavy (non-hydrogen) atoms. The molecule has 0 radical (unpaired) electrons. The van der Waals surface area contributed by atoms with Gasteiger partial charge in [0.05, 0.1) is 0 Å². The summed E-state index contributed by atoms with van der Waals surface area (Å²) in [6.45, 7) is 8.21. The van der Waals surface area contributed by atoms with Crippen molar-refractivity contribution in [2.75, 3.05) is 0 Å². The standard InChI is InChI=1S/C13H19NO/c1-8-5-10(6-9(2)11(8)15)13(14)7-12(13,3)4/h5-6,15H,7,14H2,1-4H3. The normalized spacial score (nSPS) is 27.8. The van der Waals surface area contributed by atoms with Gasteiger partial charge in [0.25, 0.3) is 0 Å². The zero-order chi connectivity index (χ0) is 11.4. The maximum atomic E-state index is 9.71. The number of rotatable bonds is 1. The second-order valence-corrected chi connectivity index (χ2v) is 5.49. The fourth-order valence-corrected chi connectivity index (χ4v) is 2.36. The molecule has 0 aliphatic heterocycles. The smallest absolute Gasteiger partial charge is 0.121 e. The van der Waals surface area contributed by atoms with Crippen molar-refractivity contribution in [1.29, 1.82) is 0 Å². The van der Waals surface area contributed by atoms with Crippen molar-refractivity contribution in [2.24, 2.45) is 11.1 Å². The first-order chi connectivity index (χ1) is 6.78. The number of aryl methyl sites for hydroxylation is 2. The van der Waals surface area contributed by atoms with E-state index in [0.29, 0.717) is 5.75 Å². The summed E-state index contributed by atoms with van der Waals surface area (Å²) in [6, 6.07) is 4.02. The van der Waals surface area contributed by atoms with Crippen LogP contribution in [0.15, 0.2) is 12.1 Å². The van der Waals surface area contributed by atoms with Gasteiger partial charge < -0.3 is 10.8 Å². The Morgan fingerprint density at radius 1 is 1.20 bits per heavy atom. The fraction of sp³-hybridized carbons (Fsp3) is 0.538. The number of phenols is 1. The Balaban J connectivity index is 2.49. The Labute approximate surface area is 91.1 Å². The Bertz CT molecular complexity index is 400. The maximum absolute atomic E-state index is 9.71. The van der Waals surface area contributed by atoms with Gasteiger partial charge in [-0.15, -0.1) is 0 Å². The molecular weight excluding hydrogens is 186 g/mol. The average molecular weight is 205 g/mol. The molecular formula is C13H19NO. The molecule has 1 atom stereocenters. The zero-order valence-electron chi connectivity index (χ0n) is 9.89. The van der Waals surface area contributed by atoms with Crippen LogP contribution in [0.25, 0.3) is 0 Å². The zero-order valence-corrected chi connectivity index (χ0v) is 9.89. The summed E-state index contributed by atoms with van der Waals surface area (Å²) >= 11 is 0. The predicted octanol–water partition coefficient (Wildman–Crippen LogP) is 2.59. The number of benzene rings is 1. The van der Waals surface area contributed by atoms with Crippen molar-refractivity contribution in [3.05, 3.63) is 28.8 Å². The van der Waals surface area contributed by atoms with E-state index in [1.165, 1.54) is 0 Å². The molecule has 1 fully saturated rings. The average Bonchev–Trinajstić information content (AvgIpc) is 2.62. The highest BCUT2D eigenvalue weighted by molar-refractivity contribution is 5.47. The third kappa shape index (κ3) is 1.36. The van der Waals surface area contributed by atoms with Crippen molar-refractivity contribution in [3.8, 4) is 5.75 Å². The van der Waals surface area contributed by atoms with Gasteiger partial charge in [0, 0.05) is 5.54 Å². The van der Waals surface area contributed by atoms with Gasteiger partial charge in [-0.2, -0.15) is 0 Å². The minimum absolute atomic E-state index is 0.183. The molecule has 0 aromatic heterocycles. The van der Waals surface area contributed by atoms with Gasteiger partial charge in [0.15, 0.2) is 0 Å². The van der Waals surface area contributed by atoms with Crippen molar-refractivity contribution >= 4 is 0 Å². The third-order valence-corrected chi connectivity index (χ3v) is 3.81. The quantitative estimate of drug-likeness (QED) is 0.740. The summed E-state index contributed by atoms with van der Waals surface area (Å²) in [5.41, 5.74) is 9.32. The van der Waals surface area contributed by atoms with Crippen LogP contribution in [-0.4, -0.2) is 5.11 Å². The van der Waals surface area contributed by atoms with Gasteiger partial charge in [-0.3, -0.25) is 0 Å². The molecule has 1 aliphatic rings.